The number of ether oxygens (including phenoxy) is 1. The van der Waals surface area contributed by atoms with Crippen LogP contribution >= 0.6 is 11.6 Å². The Morgan fingerprint density at radius 1 is 1.31 bits per heavy atom. The zero-order chi connectivity index (χ0) is 11.4. The topological polar surface area (TPSA) is 22.1 Å². The van der Waals surface area contributed by atoms with E-state index in [2.05, 4.69) is 4.98 Å². The van der Waals surface area contributed by atoms with E-state index >= 15 is 0 Å². The van der Waals surface area contributed by atoms with Crippen molar-refractivity contribution in [1.82, 2.24) is 4.98 Å². The van der Waals surface area contributed by atoms with E-state index in [0.29, 0.717) is 17.4 Å². The maximum Gasteiger partial charge on any atom is 0.138 e. The number of pyridine rings is 1. The van der Waals surface area contributed by atoms with Crippen LogP contribution in [0.4, 0.5) is 0 Å². The molecule has 0 atom stereocenters. The second-order valence-electron chi connectivity index (χ2n) is 3.58. The molecule has 2 rings (SSSR count). The van der Waals surface area contributed by atoms with Gasteiger partial charge in [0.25, 0.3) is 0 Å². The number of halogens is 1. The van der Waals surface area contributed by atoms with Crippen molar-refractivity contribution in [3.05, 3.63) is 58.9 Å². The van der Waals surface area contributed by atoms with Crippen molar-refractivity contribution < 1.29 is 4.74 Å². The zero-order valence-electron chi connectivity index (χ0n) is 8.98. The third-order valence-corrected chi connectivity index (χ3v) is 2.50. The normalized spacial score (nSPS) is 10.1. The Morgan fingerprint density at radius 3 is 2.88 bits per heavy atom. The fourth-order valence-electron chi connectivity index (χ4n) is 1.37. The molecule has 0 bridgehead atoms. The van der Waals surface area contributed by atoms with Crippen LogP contribution in [0.15, 0.2) is 42.7 Å². The summed E-state index contributed by atoms with van der Waals surface area (Å²) >= 11 is 6.06. The molecule has 0 aliphatic carbocycles. The average molecular weight is 234 g/mol. The molecule has 1 heterocycles. The monoisotopic (exact) mass is 233 g/mol. The van der Waals surface area contributed by atoms with Gasteiger partial charge >= 0.3 is 0 Å². The van der Waals surface area contributed by atoms with Crippen LogP contribution in [-0.4, -0.2) is 4.98 Å². The number of hydrogen-bond acceptors (Lipinski definition) is 2. The fraction of sp³-hybridized carbons (Fsp3) is 0.154. The van der Waals surface area contributed by atoms with Crippen molar-refractivity contribution in [3.8, 4) is 5.75 Å². The Labute approximate surface area is 99.9 Å². The molecule has 1 aromatic carbocycles. The van der Waals surface area contributed by atoms with Crippen LogP contribution in [0.1, 0.15) is 11.1 Å². The smallest absolute Gasteiger partial charge is 0.138 e. The van der Waals surface area contributed by atoms with Crippen LogP contribution in [0.25, 0.3) is 0 Å². The number of aryl methyl sites for hydroxylation is 1. The molecule has 0 spiro atoms. The van der Waals surface area contributed by atoms with E-state index in [1.165, 1.54) is 0 Å². The number of aromatic nitrogens is 1. The van der Waals surface area contributed by atoms with Crippen LogP contribution in [0.2, 0.25) is 5.02 Å². The molecule has 0 fully saturated rings. The van der Waals surface area contributed by atoms with E-state index in [1.54, 1.807) is 12.4 Å². The summed E-state index contributed by atoms with van der Waals surface area (Å²) in [7, 11) is 0. The van der Waals surface area contributed by atoms with Crippen LogP contribution in [0.5, 0.6) is 5.75 Å². The molecular formula is C13H12ClNO. The predicted molar refractivity (Wildman–Crippen MR) is 64.8 cm³/mol. The first-order valence-electron chi connectivity index (χ1n) is 5.03. The van der Waals surface area contributed by atoms with E-state index in [-0.39, 0.29) is 0 Å². The highest BCUT2D eigenvalue weighted by atomic mass is 35.5. The number of nitrogens with zero attached hydrogens (tertiary/aromatic N) is 1. The van der Waals surface area contributed by atoms with E-state index in [0.717, 1.165) is 11.1 Å². The van der Waals surface area contributed by atoms with Gasteiger partial charge in [0.2, 0.25) is 0 Å². The maximum atomic E-state index is 6.06. The summed E-state index contributed by atoms with van der Waals surface area (Å²) in [5.41, 5.74) is 2.15. The van der Waals surface area contributed by atoms with Crippen LogP contribution in [0.3, 0.4) is 0 Å². The van der Waals surface area contributed by atoms with Crippen LogP contribution in [-0.2, 0) is 6.61 Å². The Morgan fingerprint density at radius 2 is 2.19 bits per heavy atom. The predicted octanol–water partition coefficient (Wildman–Crippen LogP) is 3.62. The van der Waals surface area contributed by atoms with E-state index < -0.39 is 0 Å². The van der Waals surface area contributed by atoms with Crippen molar-refractivity contribution in [2.45, 2.75) is 13.5 Å². The lowest BCUT2D eigenvalue weighted by Gasteiger charge is -2.08. The Balaban J connectivity index is 2.05. The van der Waals surface area contributed by atoms with Gasteiger partial charge in [-0.3, -0.25) is 4.98 Å². The highest BCUT2D eigenvalue weighted by molar-refractivity contribution is 6.32. The molecule has 0 saturated heterocycles. The summed E-state index contributed by atoms with van der Waals surface area (Å²) < 4.78 is 5.61. The Hall–Kier alpha value is -1.54. The van der Waals surface area contributed by atoms with Gasteiger partial charge in [-0.05, 0) is 30.7 Å². The van der Waals surface area contributed by atoms with Gasteiger partial charge in [-0.1, -0.05) is 23.7 Å². The molecular weight excluding hydrogens is 222 g/mol. The minimum atomic E-state index is 0.483. The summed E-state index contributed by atoms with van der Waals surface area (Å²) in [4.78, 5) is 4.02. The second-order valence-corrected chi connectivity index (χ2v) is 3.99. The second kappa shape index (κ2) is 4.99. The highest BCUT2D eigenvalue weighted by Crippen LogP contribution is 2.25. The first-order valence-corrected chi connectivity index (χ1v) is 5.41. The van der Waals surface area contributed by atoms with Gasteiger partial charge in [0, 0.05) is 18.0 Å². The van der Waals surface area contributed by atoms with Crippen LogP contribution < -0.4 is 4.74 Å². The number of benzene rings is 1. The minimum Gasteiger partial charge on any atom is -0.487 e. The van der Waals surface area contributed by atoms with Crippen molar-refractivity contribution in [3.63, 3.8) is 0 Å². The number of rotatable bonds is 3. The Kier molecular flexibility index (Phi) is 3.42. The number of hydrogen-bond donors (Lipinski definition) is 0. The first kappa shape index (κ1) is 11.0. The van der Waals surface area contributed by atoms with E-state index in [4.69, 9.17) is 16.3 Å². The fourth-order valence-corrected chi connectivity index (χ4v) is 1.66. The van der Waals surface area contributed by atoms with Crippen molar-refractivity contribution in [1.29, 1.82) is 0 Å². The Bertz CT molecular complexity index is 471. The molecule has 0 aliphatic rings. The molecule has 1 aromatic heterocycles. The summed E-state index contributed by atoms with van der Waals surface area (Å²) in [5, 5.41) is 0.642. The van der Waals surface area contributed by atoms with Gasteiger partial charge in [0.1, 0.15) is 12.4 Å². The van der Waals surface area contributed by atoms with Crippen LogP contribution in [0, 0.1) is 6.92 Å². The van der Waals surface area contributed by atoms with Crippen molar-refractivity contribution in [2.24, 2.45) is 0 Å². The van der Waals surface area contributed by atoms with E-state index in [1.807, 2.05) is 37.3 Å². The molecule has 0 saturated carbocycles. The van der Waals surface area contributed by atoms with Gasteiger partial charge in [0.05, 0.1) is 5.02 Å². The molecule has 0 radical (unpaired) electrons. The highest BCUT2D eigenvalue weighted by Gasteiger charge is 2.01. The summed E-state index contributed by atoms with van der Waals surface area (Å²) in [6, 6.07) is 9.60. The molecule has 0 aliphatic heterocycles. The average Bonchev–Trinajstić information content (AvgIpc) is 2.29. The lowest BCUT2D eigenvalue weighted by molar-refractivity contribution is 0.306. The molecule has 0 amide bonds. The third-order valence-electron chi connectivity index (χ3n) is 2.20. The molecule has 2 aromatic rings. The van der Waals surface area contributed by atoms with Crippen molar-refractivity contribution >= 4 is 11.6 Å². The zero-order valence-corrected chi connectivity index (χ0v) is 9.74. The minimum absolute atomic E-state index is 0.483. The molecule has 82 valence electrons. The van der Waals surface area contributed by atoms with Gasteiger partial charge in [0.15, 0.2) is 0 Å². The van der Waals surface area contributed by atoms with Gasteiger partial charge in [-0.2, -0.15) is 0 Å². The molecule has 0 N–H and O–H groups in total. The standard InChI is InChI=1S/C13H12ClNO/c1-10-4-5-13(12(14)7-10)16-9-11-3-2-6-15-8-11/h2-8H,9H2,1H3. The van der Waals surface area contributed by atoms with Crippen molar-refractivity contribution in [2.75, 3.05) is 0 Å². The summed E-state index contributed by atoms with van der Waals surface area (Å²) in [5.74, 6) is 0.705. The largest absolute Gasteiger partial charge is 0.487 e. The third kappa shape index (κ3) is 2.74. The van der Waals surface area contributed by atoms with Gasteiger partial charge in [-0.25, -0.2) is 0 Å². The van der Waals surface area contributed by atoms with Gasteiger partial charge in [-0.15, -0.1) is 0 Å². The quantitative estimate of drug-likeness (QED) is 0.808. The van der Waals surface area contributed by atoms with Gasteiger partial charge < -0.3 is 4.74 Å². The molecule has 0 unspecified atom stereocenters. The first-order chi connectivity index (χ1) is 7.75. The lowest BCUT2D eigenvalue weighted by Crippen LogP contribution is -1.96. The van der Waals surface area contributed by atoms with E-state index in [9.17, 15) is 0 Å². The SMILES string of the molecule is Cc1ccc(OCc2cccnc2)c(Cl)c1. The lowest BCUT2D eigenvalue weighted by atomic mass is 10.2. The molecule has 3 heteroatoms. The summed E-state index contributed by atoms with van der Waals surface area (Å²) in [6.45, 7) is 2.48. The maximum absolute atomic E-state index is 6.06. The molecule has 2 nitrogen and oxygen atoms in total. The molecule has 16 heavy (non-hydrogen) atoms. The summed E-state index contributed by atoms with van der Waals surface area (Å²) in [6.07, 6.45) is 3.52.